The van der Waals surface area contributed by atoms with Gasteiger partial charge in [-0.05, 0) is 68.7 Å². The molecule has 1 aromatic heterocycles. The van der Waals surface area contributed by atoms with Gasteiger partial charge in [0.15, 0.2) is 6.04 Å². The largest absolute Gasteiger partial charge is 0.480 e. The maximum atomic E-state index is 12.7. The summed E-state index contributed by atoms with van der Waals surface area (Å²) in [6.45, 7) is 1.45. The number of aromatic nitrogens is 1. The molecule has 2 aliphatic rings. The molecule has 4 N–H and O–H groups in total. The number of unbranched alkanes of at least 4 members (excludes halogenated alkanes) is 1. The van der Waals surface area contributed by atoms with Gasteiger partial charge in [-0.3, -0.25) is 9.59 Å². The second kappa shape index (κ2) is 11.5. The Bertz CT molecular complexity index is 1080. The third kappa shape index (κ3) is 6.20. The van der Waals surface area contributed by atoms with E-state index in [-0.39, 0.29) is 31.8 Å². The zero-order chi connectivity index (χ0) is 25.5. The van der Waals surface area contributed by atoms with Crippen LogP contribution in [0, 0.1) is 0 Å². The molecule has 2 aliphatic heterocycles. The molecular weight excluding hydrogens is 460 g/mol. The molecule has 0 aliphatic carbocycles. The van der Waals surface area contributed by atoms with Crippen LogP contribution in [0.1, 0.15) is 60.1 Å². The van der Waals surface area contributed by atoms with Gasteiger partial charge in [0.05, 0.1) is 5.60 Å². The van der Waals surface area contributed by atoms with Crippen molar-refractivity contribution in [3.05, 3.63) is 59.3 Å². The molecule has 9 nitrogen and oxygen atoms in total. The van der Waals surface area contributed by atoms with Gasteiger partial charge in [0, 0.05) is 37.3 Å². The standard InChI is InChI=1S/C27H34N4O5/c32-22(11-5-4-10-21-13-12-19-9-6-16-28-24(19)29-21)31-17-14-27(36,15-18-31)23(26(34)35)30-25(33)20-7-2-1-3-8-20/h1-3,7-8,12-13,23,36H,4-6,9-11,14-18H2,(H,28,29)(H,30,33)(H,34,35). The second-order valence-electron chi connectivity index (χ2n) is 9.64. The number of aryl methyl sites for hydroxylation is 2. The Morgan fingerprint density at radius 3 is 2.56 bits per heavy atom. The summed E-state index contributed by atoms with van der Waals surface area (Å²) in [5, 5.41) is 26.6. The van der Waals surface area contributed by atoms with Crippen LogP contribution in [-0.4, -0.2) is 69.2 Å². The Kier molecular flexibility index (Phi) is 8.20. The Morgan fingerprint density at radius 1 is 1.08 bits per heavy atom. The number of carboxylic acid groups (broad SMARTS) is 1. The van der Waals surface area contributed by atoms with E-state index in [1.165, 1.54) is 5.56 Å². The van der Waals surface area contributed by atoms with Crippen LogP contribution in [0.15, 0.2) is 42.5 Å². The molecule has 1 unspecified atom stereocenters. The van der Waals surface area contributed by atoms with E-state index in [2.05, 4.69) is 22.8 Å². The van der Waals surface area contributed by atoms with Crippen molar-refractivity contribution >= 4 is 23.6 Å². The van der Waals surface area contributed by atoms with Gasteiger partial charge in [-0.25, -0.2) is 9.78 Å². The summed E-state index contributed by atoms with van der Waals surface area (Å²) in [7, 11) is 0. The molecule has 0 radical (unpaired) electrons. The van der Waals surface area contributed by atoms with E-state index >= 15 is 0 Å². The first kappa shape index (κ1) is 25.6. The van der Waals surface area contributed by atoms with Crippen LogP contribution in [0.2, 0.25) is 0 Å². The number of carbonyl (C=O) groups excluding carboxylic acids is 2. The number of fused-ring (bicyclic) bond motifs is 1. The lowest BCUT2D eigenvalue weighted by molar-refractivity contribution is -0.151. The number of hydrogen-bond acceptors (Lipinski definition) is 6. The summed E-state index contributed by atoms with van der Waals surface area (Å²) in [6, 6.07) is 11.0. The van der Waals surface area contributed by atoms with Crippen LogP contribution in [0.3, 0.4) is 0 Å². The van der Waals surface area contributed by atoms with Crippen molar-refractivity contribution in [3.8, 4) is 0 Å². The van der Waals surface area contributed by atoms with Gasteiger partial charge in [0.2, 0.25) is 5.91 Å². The SMILES string of the molecule is O=C(NC(C(=O)O)C1(O)CCN(C(=O)CCCCc2ccc3c(n2)NCCC3)CC1)c1ccccc1. The van der Waals surface area contributed by atoms with Gasteiger partial charge in [-0.1, -0.05) is 24.3 Å². The molecule has 36 heavy (non-hydrogen) atoms. The normalized spacial score (nSPS) is 17.4. The van der Waals surface area contributed by atoms with Gasteiger partial charge < -0.3 is 25.7 Å². The predicted molar refractivity (Wildman–Crippen MR) is 135 cm³/mol. The van der Waals surface area contributed by atoms with E-state index in [0.29, 0.717) is 12.0 Å². The van der Waals surface area contributed by atoms with E-state index in [0.717, 1.165) is 50.2 Å². The smallest absolute Gasteiger partial charge is 0.329 e. The minimum absolute atomic E-state index is 0.00249. The molecule has 3 heterocycles. The maximum Gasteiger partial charge on any atom is 0.329 e. The summed E-state index contributed by atoms with van der Waals surface area (Å²) in [5.74, 6) is -0.876. The fraction of sp³-hybridized carbons (Fsp3) is 0.481. The van der Waals surface area contributed by atoms with Crippen molar-refractivity contribution in [1.29, 1.82) is 0 Å². The number of amides is 2. The van der Waals surface area contributed by atoms with Crippen LogP contribution in [0.25, 0.3) is 0 Å². The summed E-state index contributed by atoms with van der Waals surface area (Å²) >= 11 is 0. The fourth-order valence-corrected chi connectivity index (χ4v) is 4.91. The van der Waals surface area contributed by atoms with E-state index in [4.69, 9.17) is 4.98 Å². The number of rotatable bonds is 9. The van der Waals surface area contributed by atoms with Crippen molar-refractivity contribution in [2.45, 2.75) is 63.0 Å². The number of aliphatic carboxylic acids is 1. The molecule has 1 fully saturated rings. The molecule has 0 saturated carbocycles. The first-order chi connectivity index (χ1) is 17.4. The first-order valence-electron chi connectivity index (χ1n) is 12.7. The summed E-state index contributed by atoms with van der Waals surface area (Å²) < 4.78 is 0. The highest BCUT2D eigenvalue weighted by atomic mass is 16.4. The van der Waals surface area contributed by atoms with Crippen molar-refractivity contribution in [1.82, 2.24) is 15.2 Å². The molecule has 1 saturated heterocycles. The monoisotopic (exact) mass is 494 g/mol. The highest BCUT2D eigenvalue weighted by molar-refractivity contribution is 5.96. The minimum atomic E-state index is -1.63. The molecule has 2 amide bonds. The number of benzene rings is 1. The minimum Gasteiger partial charge on any atom is -0.480 e. The van der Waals surface area contributed by atoms with Crippen molar-refractivity contribution in [3.63, 3.8) is 0 Å². The van der Waals surface area contributed by atoms with Crippen molar-refractivity contribution in [2.24, 2.45) is 0 Å². The number of nitrogens with one attached hydrogen (secondary N) is 2. The number of aliphatic hydroxyl groups is 1. The summed E-state index contributed by atoms with van der Waals surface area (Å²) in [6.07, 6.45) is 5.13. The fourth-order valence-electron chi connectivity index (χ4n) is 4.91. The third-order valence-corrected chi connectivity index (χ3v) is 7.10. The van der Waals surface area contributed by atoms with Crippen LogP contribution < -0.4 is 10.6 Å². The van der Waals surface area contributed by atoms with Crippen molar-refractivity contribution in [2.75, 3.05) is 25.0 Å². The average molecular weight is 495 g/mol. The molecule has 4 rings (SSSR count). The molecule has 0 bridgehead atoms. The highest BCUT2D eigenvalue weighted by Gasteiger charge is 2.45. The highest BCUT2D eigenvalue weighted by Crippen LogP contribution is 2.27. The molecule has 9 heteroatoms. The number of pyridine rings is 1. The van der Waals surface area contributed by atoms with E-state index in [1.807, 2.05) is 0 Å². The number of carbonyl (C=O) groups is 3. The topological polar surface area (TPSA) is 132 Å². The van der Waals surface area contributed by atoms with Crippen LogP contribution in [0.4, 0.5) is 5.82 Å². The quantitative estimate of drug-likeness (QED) is 0.394. The van der Waals surface area contributed by atoms with Gasteiger partial charge >= 0.3 is 5.97 Å². The Morgan fingerprint density at radius 2 is 1.83 bits per heavy atom. The van der Waals surface area contributed by atoms with Gasteiger partial charge in [-0.15, -0.1) is 0 Å². The number of nitrogens with zero attached hydrogens (tertiary/aromatic N) is 2. The Labute approximate surface area is 210 Å². The van der Waals surface area contributed by atoms with Gasteiger partial charge in [0.1, 0.15) is 5.82 Å². The first-order valence-corrected chi connectivity index (χ1v) is 12.7. The van der Waals surface area contributed by atoms with Crippen LogP contribution in [0.5, 0.6) is 0 Å². The molecule has 1 aromatic carbocycles. The summed E-state index contributed by atoms with van der Waals surface area (Å²) in [5.41, 5.74) is 0.979. The van der Waals surface area contributed by atoms with E-state index in [1.54, 1.807) is 35.2 Å². The lowest BCUT2D eigenvalue weighted by Gasteiger charge is -2.41. The zero-order valence-corrected chi connectivity index (χ0v) is 20.4. The molecular formula is C27H34N4O5. The van der Waals surface area contributed by atoms with Crippen LogP contribution >= 0.6 is 0 Å². The summed E-state index contributed by atoms with van der Waals surface area (Å²) in [4.78, 5) is 43.5. The third-order valence-electron chi connectivity index (χ3n) is 7.10. The predicted octanol–water partition coefficient (Wildman–Crippen LogP) is 2.39. The zero-order valence-electron chi connectivity index (χ0n) is 20.4. The Balaban J connectivity index is 1.23. The maximum absolute atomic E-state index is 12.7. The second-order valence-corrected chi connectivity index (χ2v) is 9.64. The van der Waals surface area contributed by atoms with Crippen LogP contribution in [-0.2, 0) is 22.4 Å². The van der Waals surface area contributed by atoms with Crippen molar-refractivity contribution < 1.29 is 24.6 Å². The average Bonchev–Trinajstić information content (AvgIpc) is 2.90. The van der Waals surface area contributed by atoms with E-state index in [9.17, 15) is 24.6 Å². The molecule has 1 atom stereocenters. The van der Waals surface area contributed by atoms with Gasteiger partial charge in [-0.2, -0.15) is 0 Å². The lowest BCUT2D eigenvalue weighted by Crippen LogP contribution is -2.61. The lowest BCUT2D eigenvalue weighted by atomic mass is 9.83. The number of carboxylic acids is 1. The molecule has 0 spiro atoms. The number of hydrogen-bond donors (Lipinski definition) is 4. The van der Waals surface area contributed by atoms with E-state index < -0.39 is 23.5 Å². The number of likely N-dealkylation sites (tertiary alicyclic amines) is 1. The van der Waals surface area contributed by atoms with Gasteiger partial charge in [0.25, 0.3) is 5.91 Å². The number of piperidine rings is 1. The Hall–Kier alpha value is -3.46. The molecule has 192 valence electrons. The number of anilines is 1. The molecule has 2 aromatic rings.